The number of ether oxygens (including phenoxy) is 1. The average Bonchev–Trinajstić information content (AvgIpc) is 2.16. The van der Waals surface area contributed by atoms with Crippen molar-refractivity contribution in [3.63, 3.8) is 0 Å². The molecule has 0 spiro atoms. The maximum Gasteiger partial charge on any atom is 0.335 e. The fraction of sp³-hybridized carbons (Fsp3) is 0.667. The highest BCUT2D eigenvalue weighted by molar-refractivity contribution is 5.87. The van der Waals surface area contributed by atoms with Crippen molar-refractivity contribution in [3.8, 4) is 0 Å². The van der Waals surface area contributed by atoms with E-state index in [0.717, 1.165) is 6.08 Å². The molecule has 0 aromatic heterocycles. The third kappa shape index (κ3) is 5.48. The van der Waals surface area contributed by atoms with Gasteiger partial charge in [0.25, 0.3) is 0 Å². The fourth-order valence-electron chi connectivity index (χ4n) is 0.710. The van der Waals surface area contributed by atoms with Gasteiger partial charge in [0.2, 0.25) is 6.29 Å². The number of aliphatic hydroxyl groups is 4. The molecule has 0 aromatic carbocycles. The highest BCUT2D eigenvalue weighted by Gasteiger charge is 2.17. The molecule has 0 rings (SSSR count). The molecule has 6 heteroatoms. The number of carbonyl (C=O) groups excluding carboxylic acids is 1. The summed E-state index contributed by atoms with van der Waals surface area (Å²) in [6.45, 7) is 2.11. The first-order valence-corrected chi connectivity index (χ1v) is 4.43. The molecule has 0 aliphatic carbocycles. The summed E-state index contributed by atoms with van der Waals surface area (Å²) in [6, 6.07) is 0. The number of aliphatic hydroxyl groups excluding tert-OH is 4. The van der Waals surface area contributed by atoms with Gasteiger partial charge in [0.15, 0.2) is 0 Å². The van der Waals surface area contributed by atoms with Gasteiger partial charge in [-0.25, -0.2) is 4.79 Å². The minimum absolute atomic E-state index is 0.0382. The number of carbonyl (C=O) groups is 1. The molecule has 3 unspecified atom stereocenters. The van der Waals surface area contributed by atoms with Crippen molar-refractivity contribution >= 4 is 5.97 Å². The topological polar surface area (TPSA) is 107 Å². The van der Waals surface area contributed by atoms with E-state index in [-0.39, 0.29) is 5.57 Å². The second-order valence-electron chi connectivity index (χ2n) is 3.14. The van der Waals surface area contributed by atoms with Gasteiger partial charge in [-0.2, -0.15) is 0 Å². The third-order valence-corrected chi connectivity index (χ3v) is 1.59. The minimum Gasteiger partial charge on any atom is -0.430 e. The Kier molecular flexibility index (Phi) is 6.11. The van der Waals surface area contributed by atoms with Crippen LogP contribution >= 0.6 is 0 Å². The monoisotopic (exact) mass is 220 g/mol. The van der Waals surface area contributed by atoms with Crippen molar-refractivity contribution in [2.75, 3.05) is 6.61 Å². The Morgan fingerprint density at radius 1 is 1.40 bits per heavy atom. The van der Waals surface area contributed by atoms with Crippen LogP contribution in [0.15, 0.2) is 11.6 Å². The van der Waals surface area contributed by atoms with E-state index in [1.807, 2.05) is 0 Å². The molecule has 15 heavy (non-hydrogen) atoms. The Hall–Kier alpha value is -0.950. The second-order valence-corrected chi connectivity index (χ2v) is 3.14. The van der Waals surface area contributed by atoms with Gasteiger partial charge >= 0.3 is 5.97 Å². The first kappa shape index (κ1) is 14.1. The minimum atomic E-state index is -1.60. The lowest BCUT2D eigenvalue weighted by atomic mass is 10.2. The van der Waals surface area contributed by atoms with Crippen molar-refractivity contribution in [1.82, 2.24) is 0 Å². The zero-order chi connectivity index (χ0) is 12.0. The Bertz CT molecular complexity index is 235. The van der Waals surface area contributed by atoms with Gasteiger partial charge in [-0.15, -0.1) is 0 Å². The van der Waals surface area contributed by atoms with E-state index in [0.29, 0.717) is 0 Å². The van der Waals surface area contributed by atoms with Crippen LogP contribution in [0.4, 0.5) is 0 Å². The molecule has 0 saturated heterocycles. The van der Waals surface area contributed by atoms with Gasteiger partial charge < -0.3 is 25.2 Å². The molecule has 0 amide bonds. The highest BCUT2D eigenvalue weighted by Crippen LogP contribution is 2.03. The molecule has 0 aliphatic heterocycles. The second kappa shape index (κ2) is 6.52. The van der Waals surface area contributed by atoms with Gasteiger partial charge in [-0.1, -0.05) is 0 Å². The van der Waals surface area contributed by atoms with E-state index in [1.54, 1.807) is 0 Å². The predicted octanol–water partition coefficient (Wildman–Crippen LogP) is -1.47. The van der Waals surface area contributed by atoms with Crippen molar-refractivity contribution in [3.05, 3.63) is 11.6 Å². The molecule has 0 fully saturated rings. The Morgan fingerprint density at radius 3 is 2.33 bits per heavy atom. The van der Waals surface area contributed by atoms with Crippen LogP contribution < -0.4 is 0 Å². The lowest BCUT2D eigenvalue weighted by Crippen LogP contribution is -2.29. The molecular formula is C9H16O6. The lowest BCUT2D eigenvalue weighted by Gasteiger charge is -2.14. The van der Waals surface area contributed by atoms with Crippen molar-refractivity contribution in [2.45, 2.75) is 32.3 Å². The van der Waals surface area contributed by atoms with Gasteiger partial charge in [0.05, 0.1) is 12.7 Å². The van der Waals surface area contributed by atoms with Crippen molar-refractivity contribution in [1.29, 1.82) is 0 Å². The highest BCUT2D eigenvalue weighted by atomic mass is 16.6. The van der Waals surface area contributed by atoms with E-state index >= 15 is 0 Å². The fourth-order valence-corrected chi connectivity index (χ4v) is 0.710. The van der Waals surface area contributed by atoms with E-state index in [1.165, 1.54) is 13.8 Å². The number of rotatable bonds is 5. The van der Waals surface area contributed by atoms with Crippen LogP contribution in [-0.4, -0.2) is 51.5 Å². The summed E-state index contributed by atoms with van der Waals surface area (Å²) >= 11 is 0. The summed E-state index contributed by atoms with van der Waals surface area (Å²) in [5, 5.41) is 35.3. The Labute approximate surface area is 87.4 Å². The third-order valence-electron chi connectivity index (χ3n) is 1.59. The molecule has 0 aromatic rings. The maximum atomic E-state index is 11.2. The van der Waals surface area contributed by atoms with E-state index in [2.05, 4.69) is 4.74 Å². The molecule has 0 radical (unpaired) electrons. The van der Waals surface area contributed by atoms with Crippen molar-refractivity contribution in [2.24, 2.45) is 0 Å². The quantitative estimate of drug-likeness (QED) is 0.256. The summed E-state index contributed by atoms with van der Waals surface area (Å²) in [7, 11) is 0. The molecule has 4 N–H and O–H groups in total. The summed E-state index contributed by atoms with van der Waals surface area (Å²) in [6.07, 6.45) is -2.85. The van der Waals surface area contributed by atoms with Gasteiger partial charge in [-0.3, -0.25) is 0 Å². The molecule has 3 atom stereocenters. The summed E-state index contributed by atoms with van der Waals surface area (Å²) in [5.41, 5.74) is 0.0382. The van der Waals surface area contributed by atoms with Crippen LogP contribution in [-0.2, 0) is 9.53 Å². The van der Waals surface area contributed by atoms with Crippen molar-refractivity contribution < 1.29 is 30.0 Å². The predicted molar refractivity (Wildman–Crippen MR) is 50.6 cm³/mol. The first-order valence-electron chi connectivity index (χ1n) is 4.43. The Balaban J connectivity index is 4.27. The molecule has 0 aliphatic rings. The molecule has 6 nitrogen and oxygen atoms in total. The Morgan fingerprint density at radius 2 is 1.93 bits per heavy atom. The molecule has 0 heterocycles. The van der Waals surface area contributed by atoms with Gasteiger partial charge in [-0.05, 0) is 19.9 Å². The number of esters is 1. The average molecular weight is 220 g/mol. The van der Waals surface area contributed by atoms with Crippen LogP contribution in [0, 0.1) is 0 Å². The van der Waals surface area contributed by atoms with Crippen LogP contribution in [0.5, 0.6) is 0 Å². The zero-order valence-electron chi connectivity index (χ0n) is 8.62. The summed E-state index contributed by atoms with van der Waals surface area (Å²) < 4.78 is 4.42. The number of hydrogen-bond acceptors (Lipinski definition) is 6. The molecule has 0 saturated carbocycles. The van der Waals surface area contributed by atoms with E-state index < -0.39 is 31.1 Å². The van der Waals surface area contributed by atoms with Gasteiger partial charge in [0.1, 0.15) is 6.10 Å². The number of hydrogen-bond donors (Lipinski definition) is 4. The summed E-state index contributed by atoms with van der Waals surface area (Å²) in [4.78, 5) is 11.2. The SMILES string of the molecule is C/C(=C\C(O)CO)C(=O)OC(O)C(C)O. The molecule has 88 valence electrons. The molecular weight excluding hydrogens is 204 g/mol. The van der Waals surface area contributed by atoms with Gasteiger partial charge in [0, 0.05) is 5.57 Å². The standard InChI is InChI=1S/C9H16O6/c1-5(3-7(12)4-10)8(13)15-9(14)6(2)11/h3,6-7,9-12,14H,4H2,1-2H3/b5-3+. The largest absolute Gasteiger partial charge is 0.430 e. The maximum absolute atomic E-state index is 11.2. The van der Waals surface area contributed by atoms with E-state index in [4.69, 9.17) is 20.4 Å². The van der Waals surface area contributed by atoms with Crippen LogP contribution in [0.3, 0.4) is 0 Å². The lowest BCUT2D eigenvalue weighted by molar-refractivity contribution is -0.180. The molecule has 0 bridgehead atoms. The zero-order valence-corrected chi connectivity index (χ0v) is 8.62. The normalized spacial score (nSPS) is 18.1. The van der Waals surface area contributed by atoms with Crippen LogP contribution in [0.2, 0.25) is 0 Å². The van der Waals surface area contributed by atoms with E-state index in [9.17, 15) is 4.79 Å². The van der Waals surface area contributed by atoms with Crippen LogP contribution in [0.25, 0.3) is 0 Å². The first-order chi connectivity index (χ1) is 6.88. The summed E-state index contributed by atoms with van der Waals surface area (Å²) in [5.74, 6) is -0.865. The smallest absolute Gasteiger partial charge is 0.335 e. The van der Waals surface area contributed by atoms with Crippen LogP contribution in [0.1, 0.15) is 13.8 Å².